The molecule has 0 bridgehead atoms. The molecule has 0 spiro atoms. The molecule has 158 valence electrons. The van der Waals surface area contributed by atoms with Gasteiger partial charge in [-0.15, -0.1) is 0 Å². The summed E-state index contributed by atoms with van der Waals surface area (Å²) in [6.45, 7) is 8.66. The van der Waals surface area contributed by atoms with Crippen molar-refractivity contribution in [2.45, 2.75) is 40.0 Å². The van der Waals surface area contributed by atoms with Crippen LogP contribution in [0, 0.1) is 13.8 Å². The second-order valence-corrected chi connectivity index (χ2v) is 7.44. The normalized spacial score (nSPS) is 14.4. The van der Waals surface area contributed by atoms with Gasteiger partial charge in [0.25, 0.3) is 0 Å². The van der Waals surface area contributed by atoms with E-state index in [9.17, 15) is 4.79 Å². The first-order valence-corrected chi connectivity index (χ1v) is 10.3. The molecule has 1 aliphatic heterocycles. The predicted molar refractivity (Wildman–Crippen MR) is 110 cm³/mol. The van der Waals surface area contributed by atoms with Gasteiger partial charge in [0, 0.05) is 56.3 Å². The van der Waals surface area contributed by atoms with Gasteiger partial charge < -0.3 is 18.8 Å². The van der Waals surface area contributed by atoms with Crippen molar-refractivity contribution in [2.75, 3.05) is 31.1 Å². The van der Waals surface area contributed by atoms with Gasteiger partial charge >= 0.3 is 0 Å². The van der Waals surface area contributed by atoms with E-state index in [4.69, 9.17) is 9.05 Å². The van der Waals surface area contributed by atoms with Crippen molar-refractivity contribution in [3.8, 4) is 11.4 Å². The Kier molecular flexibility index (Phi) is 5.78. The van der Waals surface area contributed by atoms with E-state index in [2.05, 4.69) is 25.2 Å². The standard InChI is InChI=1S/C21H26N6O3/c1-4-19-23-21(25-30-19)16-5-7-18(22-13-16)26-9-11-27(12-10-26)20(28)8-6-17-14(2)24-29-15(17)3/h5,7,13H,4,6,8-12H2,1-3H3. The molecule has 9 nitrogen and oxygen atoms in total. The Balaban J connectivity index is 1.30. The zero-order chi connectivity index (χ0) is 21.1. The van der Waals surface area contributed by atoms with E-state index in [1.807, 2.05) is 37.8 Å². The molecule has 0 atom stereocenters. The van der Waals surface area contributed by atoms with Crippen LogP contribution in [0.4, 0.5) is 5.82 Å². The molecule has 1 fully saturated rings. The molecule has 0 aromatic carbocycles. The fourth-order valence-electron chi connectivity index (χ4n) is 3.65. The summed E-state index contributed by atoms with van der Waals surface area (Å²) in [7, 11) is 0. The van der Waals surface area contributed by atoms with Crippen molar-refractivity contribution < 1.29 is 13.8 Å². The summed E-state index contributed by atoms with van der Waals surface area (Å²) >= 11 is 0. The largest absolute Gasteiger partial charge is 0.361 e. The highest BCUT2D eigenvalue weighted by atomic mass is 16.5. The zero-order valence-corrected chi connectivity index (χ0v) is 17.6. The van der Waals surface area contributed by atoms with Gasteiger partial charge in [0.15, 0.2) is 0 Å². The van der Waals surface area contributed by atoms with Crippen LogP contribution in [0.15, 0.2) is 27.4 Å². The Morgan fingerprint density at radius 3 is 2.50 bits per heavy atom. The highest BCUT2D eigenvalue weighted by Gasteiger charge is 2.22. The van der Waals surface area contributed by atoms with Gasteiger partial charge in [0.05, 0.1) is 5.69 Å². The SMILES string of the molecule is CCc1nc(-c2ccc(N3CCN(C(=O)CCc4c(C)noc4C)CC3)nc2)no1. The molecular formula is C21H26N6O3. The van der Waals surface area contributed by atoms with Gasteiger partial charge in [0.1, 0.15) is 11.6 Å². The van der Waals surface area contributed by atoms with Crippen LogP contribution in [-0.2, 0) is 17.6 Å². The molecular weight excluding hydrogens is 384 g/mol. The van der Waals surface area contributed by atoms with Crippen LogP contribution >= 0.6 is 0 Å². The van der Waals surface area contributed by atoms with Crippen molar-refractivity contribution in [2.24, 2.45) is 0 Å². The van der Waals surface area contributed by atoms with Crippen LogP contribution < -0.4 is 4.90 Å². The van der Waals surface area contributed by atoms with E-state index >= 15 is 0 Å². The number of aryl methyl sites for hydroxylation is 3. The number of carbonyl (C=O) groups excluding carboxylic acids is 1. The fraction of sp³-hybridized carbons (Fsp3) is 0.476. The predicted octanol–water partition coefficient (Wildman–Crippen LogP) is 2.58. The Morgan fingerprint density at radius 1 is 1.10 bits per heavy atom. The first-order valence-electron chi connectivity index (χ1n) is 10.3. The summed E-state index contributed by atoms with van der Waals surface area (Å²) in [5.74, 6) is 3.03. The van der Waals surface area contributed by atoms with Crippen molar-refractivity contribution >= 4 is 11.7 Å². The minimum absolute atomic E-state index is 0.168. The third-order valence-corrected chi connectivity index (χ3v) is 5.50. The number of anilines is 1. The van der Waals surface area contributed by atoms with Crippen LogP contribution in [0.5, 0.6) is 0 Å². The van der Waals surface area contributed by atoms with E-state index in [-0.39, 0.29) is 5.91 Å². The number of nitrogens with zero attached hydrogens (tertiary/aromatic N) is 6. The van der Waals surface area contributed by atoms with E-state index in [0.29, 0.717) is 44.1 Å². The molecule has 9 heteroatoms. The quantitative estimate of drug-likeness (QED) is 0.611. The van der Waals surface area contributed by atoms with Gasteiger partial charge in [-0.25, -0.2) is 4.98 Å². The van der Waals surface area contributed by atoms with Gasteiger partial charge in [0.2, 0.25) is 17.6 Å². The van der Waals surface area contributed by atoms with E-state index in [1.54, 1.807) is 6.20 Å². The van der Waals surface area contributed by atoms with Gasteiger partial charge in [-0.3, -0.25) is 4.79 Å². The summed E-state index contributed by atoms with van der Waals surface area (Å²) in [6, 6.07) is 3.92. The van der Waals surface area contributed by atoms with Crippen LogP contribution in [0.25, 0.3) is 11.4 Å². The summed E-state index contributed by atoms with van der Waals surface area (Å²) in [5, 5.41) is 7.94. The number of hydrogen-bond acceptors (Lipinski definition) is 8. The Morgan fingerprint density at radius 2 is 1.90 bits per heavy atom. The fourth-order valence-corrected chi connectivity index (χ4v) is 3.65. The van der Waals surface area contributed by atoms with Crippen LogP contribution in [0.1, 0.15) is 36.3 Å². The highest BCUT2D eigenvalue weighted by molar-refractivity contribution is 5.76. The Hall–Kier alpha value is -3.23. The Bertz CT molecular complexity index is 983. The number of hydrogen-bond donors (Lipinski definition) is 0. The summed E-state index contributed by atoms with van der Waals surface area (Å²) < 4.78 is 10.3. The molecule has 1 saturated heterocycles. The molecule has 0 unspecified atom stereocenters. The minimum Gasteiger partial charge on any atom is -0.361 e. The average molecular weight is 410 g/mol. The number of piperazine rings is 1. The lowest BCUT2D eigenvalue weighted by atomic mass is 10.1. The smallest absolute Gasteiger partial charge is 0.226 e. The lowest BCUT2D eigenvalue weighted by Gasteiger charge is -2.35. The monoisotopic (exact) mass is 410 g/mol. The third-order valence-electron chi connectivity index (χ3n) is 5.50. The molecule has 0 saturated carbocycles. The average Bonchev–Trinajstić information content (AvgIpc) is 3.39. The molecule has 1 aliphatic rings. The van der Waals surface area contributed by atoms with Gasteiger partial charge in [-0.2, -0.15) is 4.98 Å². The number of carbonyl (C=O) groups is 1. The number of amides is 1. The van der Waals surface area contributed by atoms with Crippen molar-refractivity contribution in [1.29, 1.82) is 0 Å². The molecule has 30 heavy (non-hydrogen) atoms. The van der Waals surface area contributed by atoms with Gasteiger partial charge in [-0.1, -0.05) is 17.2 Å². The van der Waals surface area contributed by atoms with Crippen molar-refractivity contribution in [1.82, 2.24) is 25.2 Å². The lowest BCUT2D eigenvalue weighted by Crippen LogP contribution is -2.49. The third kappa shape index (κ3) is 4.19. The second kappa shape index (κ2) is 8.64. The molecule has 3 aromatic heterocycles. The van der Waals surface area contributed by atoms with Crippen molar-refractivity contribution in [3.05, 3.63) is 41.2 Å². The van der Waals surface area contributed by atoms with Crippen LogP contribution in [-0.4, -0.2) is 57.3 Å². The van der Waals surface area contributed by atoms with Crippen LogP contribution in [0.3, 0.4) is 0 Å². The molecule has 0 radical (unpaired) electrons. The number of rotatable bonds is 6. The van der Waals surface area contributed by atoms with E-state index in [1.165, 1.54) is 0 Å². The molecule has 0 aliphatic carbocycles. The molecule has 1 amide bonds. The van der Waals surface area contributed by atoms with Gasteiger partial charge in [-0.05, 0) is 32.4 Å². The number of pyridine rings is 1. The van der Waals surface area contributed by atoms with E-state index in [0.717, 1.165) is 41.5 Å². The topological polar surface area (TPSA) is 101 Å². The lowest BCUT2D eigenvalue weighted by molar-refractivity contribution is -0.131. The molecule has 0 N–H and O–H groups in total. The molecule has 4 heterocycles. The van der Waals surface area contributed by atoms with E-state index < -0.39 is 0 Å². The number of aromatic nitrogens is 4. The molecule has 3 aromatic rings. The minimum atomic E-state index is 0.168. The summed E-state index contributed by atoms with van der Waals surface area (Å²) in [4.78, 5) is 25.6. The maximum atomic E-state index is 12.6. The van der Waals surface area contributed by atoms with Crippen molar-refractivity contribution in [3.63, 3.8) is 0 Å². The zero-order valence-electron chi connectivity index (χ0n) is 17.6. The second-order valence-electron chi connectivity index (χ2n) is 7.44. The first-order chi connectivity index (χ1) is 14.5. The summed E-state index contributed by atoms with van der Waals surface area (Å²) in [5.41, 5.74) is 2.74. The van der Waals surface area contributed by atoms with Crippen LogP contribution in [0.2, 0.25) is 0 Å². The maximum absolute atomic E-state index is 12.6. The summed E-state index contributed by atoms with van der Waals surface area (Å²) in [6.07, 6.45) is 3.61. The molecule has 4 rings (SSSR count). The highest BCUT2D eigenvalue weighted by Crippen LogP contribution is 2.20. The maximum Gasteiger partial charge on any atom is 0.226 e. The Labute approximate surface area is 175 Å². The first kappa shape index (κ1) is 20.1.